The van der Waals surface area contributed by atoms with Crippen molar-refractivity contribution in [1.29, 1.82) is 0 Å². The summed E-state index contributed by atoms with van der Waals surface area (Å²) in [5, 5.41) is 10.6. The molecule has 9 heteroatoms. The normalized spacial score (nSPS) is 22.7. The van der Waals surface area contributed by atoms with Crippen molar-refractivity contribution >= 4 is 0 Å². The van der Waals surface area contributed by atoms with Crippen LogP contribution in [0.3, 0.4) is 0 Å². The molecule has 1 aromatic carbocycles. The Hall–Kier alpha value is -2.00. The number of halogens is 3. The molecule has 0 aliphatic carbocycles. The van der Waals surface area contributed by atoms with E-state index in [4.69, 9.17) is 4.74 Å². The maximum absolute atomic E-state index is 12.6. The first kappa shape index (κ1) is 16.8. The maximum atomic E-state index is 12.6. The third kappa shape index (κ3) is 4.09. The second-order valence-corrected chi connectivity index (χ2v) is 5.87. The number of hydrogen-bond donors (Lipinski definition) is 0. The summed E-state index contributed by atoms with van der Waals surface area (Å²) >= 11 is 0. The monoisotopic (exact) mass is 341 g/mol. The van der Waals surface area contributed by atoms with Crippen molar-refractivity contribution in [3.05, 3.63) is 41.7 Å². The number of alkyl halides is 3. The molecular formula is C15H18F3N5O. The standard InChI is InChI=1S/C15H18F3N5O/c1-11-7-22(13(9-24-11)12-5-3-2-4-6-12)8-14-19-20-21-23(14)10-15(16,17)18/h2-6,11,13H,7-10H2,1H3/t11-,13-/m0/s1. The molecule has 1 aromatic heterocycles. The Morgan fingerprint density at radius 3 is 2.71 bits per heavy atom. The van der Waals surface area contributed by atoms with Crippen molar-refractivity contribution in [2.75, 3.05) is 13.2 Å². The van der Waals surface area contributed by atoms with Crippen LogP contribution in [0.2, 0.25) is 0 Å². The summed E-state index contributed by atoms with van der Waals surface area (Å²) in [5.74, 6) is 0.197. The predicted octanol–water partition coefficient (Wildman–Crippen LogP) is 2.20. The summed E-state index contributed by atoms with van der Waals surface area (Å²) in [7, 11) is 0. The third-order valence-electron chi connectivity index (χ3n) is 3.93. The van der Waals surface area contributed by atoms with Crippen LogP contribution in [0, 0.1) is 0 Å². The largest absolute Gasteiger partial charge is 0.408 e. The molecule has 2 aromatic rings. The van der Waals surface area contributed by atoms with E-state index in [0.717, 1.165) is 10.2 Å². The highest BCUT2D eigenvalue weighted by Crippen LogP contribution is 2.27. The smallest absolute Gasteiger partial charge is 0.375 e. The fraction of sp³-hybridized carbons (Fsp3) is 0.533. The molecule has 1 aliphatic rings. The molecule has 1 saturated heterocycles. The highest BCUT2D eigenvalue weighted by Gasteiger charge is 2.33. The van der Waals surface area contributed by atoms with Gasteiger partial charge in [-0.15, -0.1) is 5.10 Å². The summed E-state index contributed by atoms with van der Waals surface area (Å²) in [5.41, 5.74) is 1.05. The zero-order valence-electron chi connectivity index (χ0n) is 13.1. The molecule has 0 spiro atoms. The van der Waals surface area contributed by atoms with E-state index in [0.29, 0.717) is 13.2 Å². The van der Waals surface area contributed by atoms with Gasteiger partial charge in [-0.1, -0.05) is 30.3 Å². The molecule has 0 saturated carbocycles. The molecule has 2 atom stereocenters. The fourth-order valence-electron chi connectivity index (χ4n) is 2.84. The van der Waals surface area contributed by atoms with Crippen LogP contribution in [-0.2, 0) is 17.8 Å². The molecule has 0 amide bonds. The first-order valence-corrected chi connectivity index (χ1v) is 7.65. The lowest BCUT2D eigenvalue weighted by Crippen LogP contribution is -2.43. The minimum absolute atomic E-state index is 0.00286. The van der Waals surface area contributed by atoms with Gasteiger partial charge in [-0.25, -0.2) is 4.68 Å². The van der Waals surface area contributed by atoms with Gasteiger partial charge in [0, 0.05) is 6.54 Å². The SMILES string of the molecule is C[C@H]1CN(Cc2nnnn2CC(F)(F)F)[C@H](c2ccccc2)CO1. The van der Waals surface area contributed by atoms with E-state index >= 15 is 0 Å². The van der Waals surface area contributed by atoms with Crippen LogP contribution in [0.15, 0.2) is 30.3 Å². The first-order chi connectivity index (χ1) is 11.4. The van der Waals surface area contributed by atoms with E-state index in [2.05, 4.69) is 20.4 Å². The topological polar surface area (TPSA) is 56.1 Å². The zero-order chi connectivity index (χ0) is 17.2. The number of hydrogen-bond acceptors (Lipinski definition) is 5. The lowest BCUT2D eigenvalue weighted by Gasteiger charge is -2.38. The average molecular weight is 341 g/mol. The number of aromatic nitrogens is 4. The zero-order valence-corrected chi connectivity index (χ0v) is 13.1. The van der Waals surface area contributed by atoms with Crippen molar-refractivity contribution in [3.63, 3.8) is 0 Å². The summed E-state index contributed by atoms with van der Waals surface area (Å²) in [6.07, 6.45) is -4.36. The van der Waals surface area contributed by atoms with Crippen molar-refractivity contribution < 1.29 is 17.9 Å². The van der Waals surface area contributed by atoms with Crippen LogP contribution in [0.5, 0.6) is 0 Å². The second kappa shape index (κ2) is 6.86. The maximum Gasteiger partial charge on any atom is 0.408 e. The molecule has 24 heavy (non-hydrogen) atoms. The van der Waals surface area contributed by atoms with Gasteiger partial charge >= 0.3 is 6.18 Å². The number of nitrogens with zero attached hydrogens (tertiary/aromatic N) is 5. The molecule has 130 valence electrons. The Bertz CT molecular complexity index is 661. The molecule has 0 bridgehead atoms. The van der Waals surface area contributed by atoms with Crippen molar-refractivity contribution in [2.45, 2.75) is 38.3 Å². The highest BCUT2D eigenvalue weighted by atomic mass is 19.4. The van der Waals surface area contributed by atoms with Crippen molar-refractivity contribution in [3.8, 4) is 0 Å². The summed E-state index contributed by atoms with van der Waals surface area (Å²) < 4.78 is 44.4. The summed E-state index contributed by atoms with van der Waals surface area (Å²) in [6.45, 7) is 2.05. The highest BCUT2D eigenvalue weighted by molar-refractivity contribution is 5.19. The van der Waals surface area contributed by atoms with Crippen LogP contribution < -0.4 is 0 Å². The van der Waals surface area contributed by atoms with Gasteiger partial charge in [0.2, 0.25) is 0 Å². The lowest BCUT2D eigenvalue weighted by molar-refractivity contribution is -0.143. The van der Waals surface area contributed by atoms with Crippen molar-refractivity contribution in [2.24, 2.45) is 0 Å². The Morgan fingerprint density at radius 2 is 2.00 bits per heavy atom. The Labute approximate surface area is 137 Å². The number of morpholine rings is 1. The fourth-order valence-corrected chi connectivity index (χ4v) is 2.84. The molecule has 0 unspecified atom stereocenters. The Kier molecular flexibility index (Phi) is 4.81. The molecule has 1 fully saturated rings. The second-order valence-electron chi connectivity index (χ2n) is 5.87. The molecule has 0 radical (unpaired) electrons. The van der Waals surface area contributed by atoms with Gasteiger partial charge in [0.25, 0.3) is 0 Å². The molecule has 0 N–H and O–H groups in total. The third-order valence-corrected chi connectivity index (χ3v) is 3.93. The van der Waals surface area contributed by atoms with Crippen LogP contribution in [-0.4, -0.2) is 50.5 Å². The van der Waals surface area contributed by atoms with Crippen LogP contribution in [0.25, 0.3) is 0 Å². The van der Waals surface area contributed by atoms with Gasteiger partial charge in [-0.05, 0) is 22.9 Å². The van der Waals surface area contributed by atoms with E-state index in [1.165, 1.54) is 0 Å². The van der Waals surface area contributed by atoms with Gasteiger partial charge in [0.05, 0.1) is 25.3 Å². The predicted molar refractivity (Wildman–Crippen MR) is 78.9 cm³/mol. The average Bonchev–Trinajstić information content (AvgIpc) is 2.93. The number of ether oxygens (including phenoxy) is 1. The van der Waals surface area contributed by atoms with Crippen LogP contribution in [0.1, 0.15) is 24.4 Å². The van der Waals surface area contributed by atoms with E-state index in [1.807, 2.05) is 37.3 Å². The van der Waals surface area contributed by atoms with Gasteiger partial charge < -0.3 is 4.74 Å². The lowest BCUT2D eigenvalue weighted by atomic mass is 10.0. The summed E-state index contributed by atoms with van der Waals surface area (Å²) in [4.78, 5) is 2.06. The number of tetrazole rings is 1. The van der Waals surface area contributed by atoms with E-state index in [-0.39, 0.29) is 24.5 Å². The van der Waals surface area contributed by atoms with E-state index in [9.17, 15) is 13.2 Å². The van der Waals surface area contributed by atoms with Gasteiger partial charge in [0.15, 0.2) is 5.82 Å². The first-order valence-electron chi connectivity index (χ1n) is 7.65. The minimum Gasteiger partial charge on any atom is -0.375 e. The summed E-state index contributed by atoms with van der Waals surface area (Å²) in [6, 6.07) is 9.70. The number of benzene rings is 1. The van der Waals surface area contributed by atoms with E-state index in [1.54, 1.807) is 0 Å². The molecular weight excluding hydrogens is 323 g/mol. The van der Waals surface area contributed by atoms with Crippen LogP contribution in [0.4, 0.5) is 13.2 Å². The van der Waals surface area contributed by atoms with Gasteiger partial charge in [0.1, 0.15) is 6.54 Å². The molecule has 6 nitrogen and oxygen atoms in total. The molecule has 3 rings (SSSR count). The van der Waals surface area contributed by atoms with Gasteiger partial charge in [-0.2, -0.15) is 13.2 Å². The molecule has 1 aliphatic heterocycles. The van der Waals surface area contributed by atoms with Crippen molar-refractivity contribution in [1.82, 2.24) is 25.1 Å². The molecule has 2 heterocycles. The van der Waals surface area contributed by atoms with Crippen LogP contribution >= 0.6 is 0 Å². The quantitative estimate of drug-likeness (QED) is 0.853. The Balaban J connectivity index is 1.80. The van der Waals surface area contributed by atoms with E-state index < -0.39 is 12.7 Å². The van der Waals surface area contributed by atoms with Gasteiger partial charge in [-0.3, -0.25) is 4.90 Å². The minimum atomic E-state index is -4.36. The Morgan fingerprint density at radius 1 is 1.25 bits per heavy atom. The number of rotatable bonds is 4.